The maximum absolute atomic E-state index is 5.15. The summed E-state index contributed by atoms with van der Waals surface area (Å²) in [6.45, 7) is 0. The summed E-state index contributed by atoms with van der Waals surface area (Å²) >= 11 is 1.88. The van der Waals surface area contributed by atoms with E-state index in [1.165, 1.54) is 58.8 Å². The van der Waals surface area contributed by atoms with Crippen molar-refractivity contribution in [1.29, 1.82) is 0 Å². The zero-order chi connectivity index (χ0) is 43.1. The Hall–Kier alpha value is -8.31. The van der Waals surface area contributed by atoms with Crippen LogP contribution < -0.4 is 0 Å². The number of nitrogens with zero attached hydrogens (tertiary/aromatic N) is 3. The molecule has 0 saturated carbocycles. The molecule has 0 aliphatic heterocycles. The summed E-state index contributed by atoms with van der Waals surface area (Å²) in [6.07, 6.45) is 0. The van der Waals surface area contributed by atoms with Crippen LogP contribution in [0.5, 0.6) is 0 Å². The first kappa shape index (κ1) is 38.4. The van der Waals surface area contributed by atoms with Gasteiger partial charge < -0.3 is 0 Å². The van der Waals surface area contributed by atoms with E-state index in [9.17, 15) is 0 Å². The van der Waals surface area contributed by atoms with Crippen LogP contribution in [0.1, 0.15) is 0 Å². The van der Waals surface area contributed by atoms with E-state index >= 15 is 0 Å². The Morgan fingerprint density at radius 3 is 1.25 bits per heavy atom. The second-order valence-corrected chi connectivity index (χ2v) is 17.4. The van der Waals surface area contributed by atoms with Gasteiger partial charge in [-0.2, -0.15) is 0 Å². The van der Waals surface area contributed by atoms with Gasteiger partial charge >= 0.3 is 0 Å². The quantitative estimate of drug-likeness (QED) is 0.153. The molecule has 2 aromatic heterocycles. The lowest BCUT2D eigenvalue weighted by atomic mass is 9.91. The fraction of sp³-hybridized carbons (Fsp3) is 0. The molecule has 0 N–H and O–H groups in total. The summed E-state index contributed by atoms with van der Waals surface area (Å²) in [5, 5.41) is 5.14. The molecule has 3 nitrogen and oxygen atoms in total. The predicted octanol–water partition coefficient (Wildman–Crippen LogP) is 16.7. The van der Waals surface area contributed by atoms with Crippen molar-refractivity contribution in [2.45, 2.75) is 0 Å². The molecule has 304 valence electrons. The molecule has 4 heteroatoms. The lowest BCUT2D eigenvalue weighted by Gasteiger charge is -2.14. The van der Waals surface area contributed by atoms with Crippen LogP contribution in [0.25, 0.3) is 121 Å². The van der Waals surface area contributed by atoms with Gasteiger partial charge in [0.1, 0.15) is 0 Å². The standard InChI is InChI=1S/C61H39N3S/c1-3-14-40(15-4-1)41-28-34-46(35-29-41)59-62-60(64-61(63-59)56-22-10-7-18-48(56)44-16-5-2-6-17-44)47-36-30-43(31-37-47)42-26-32-45(33-27-42)49-38-39-52(51-20-9-8-19-50(49)51)54-23-13-24-55-53-21-11-12-25-57(53)65-58(54)55/h1-39H. The summed E-state index contributed by atoms with van der Waals surface area (Å²) in [7, 11) is 0. The van der Waals surface area contributed by atoms with Gasteiger partial charge in [0.25, 0.3) is 0 Å². The van der Waals surface area contributed by atoms with Crippen molar-refractivity contribution < 1.29 is 0 Å². The molecule has 12 aromatic rings. The molecule has 0 amide bonds. The normalized spacial score (nSPS) is 11.4. The van der Waals surface area contributed by atoms with Gasteiger partial charge in [-0.25, -0.2) is 15.0 Å². The van der Waals surface area contributed by atoms with Crippen molar-refractivity contribution in [3.8, 4) is 89.8 Å². The van der Waals surface area contributed by atoms with Crippen LogP contribution >= 0.6 is 11.3 Å². The Morgan fingerprint density at radius 1 is 0.215 bits per heavy atom. The Bertz CT molecular complexity index is 3670. The largest absolute Gasteiger partial charge is 0.208 e. The van der Waals surface area contributed by atoms with Crippen LogP contribution in [0.3, 0.4) is 0 Å². The minimum absolute atomic E-state index is 0.626. The Labute approximate surface area is 381 Å². The van der Waals surface area contributed by atoms with E-state index in [0.29, 0.717) is 17.5 Å². The zero-order valence-corrected chi connectivity index (χ0v) is 36.1. The molecule has 2 heterocycles. The van der Waals surface area contributed by atoms with E-state index in [4.69, 9.17) is 15.0 Å². The van der Waals surface area contributed by atoms with Gasteiger partial charge in [-0.3, -0.25) is 0 Å². The maximum atomic E-state index is 5.15. The SMILES string of the molecule is c1ccc(-c2ccc(-c3nc(-c4ccc(-c5ccc(-c6ccc(-c7cccc8c7sc7ccccc78)c7ccccc67)cc5)cc4)nc(-c4ccccc4-c4ccccc4)n3)cc2)cc1. The fourth-order valence-corrected chi connectivity index (χ4v) is 10.4. The molecule has 0 atom stereocenters. The van der Waals surface area contributed by atoms with Crippen LogP contribution in [0.2, 0.25) is 0 Å². The van der Waals surface area contributed by atoms with E-state index in [1.54, 1.807) is 0 Å². The highest BCUT2D eigenvalue weighted by Gasteiger charge is 2.18. The lowest BCUT2D eigenvalue weighted by molar-refractivity contribution is 1.07. The number of hydrogen-bond donors (Lipinski definition) is 0. The predicted molar refractivity (Wildman–Crippen MR) is 274 cm³/mol. The van der Waals surface area contributed by atoms with Gasteiger partial charge in [-0.05, 0) is 66.9 Å². The third-order valence-corrected chi connectivity index (χ3v) is 13.6. The Balaban J connectivity index is 0.880. The molecule has 0 aliphatic rings. The average Bonchev–Trinajstić information content (AvgIpc) is 3.78. The number of rotatable bonds is 8. The van der Waals surface area contributed by atoms with Gasteiger partial charge in [0, 0.05) is 42.4 Å². The van der Waals surface area contributed by atoms with Crippen molar-refractivity contribution >= 4 is 42.3 Å². The fourth-order valence-electron chi connectivity index (χ4n) is 9.14. The molecule has 0 radical (unpaired) electrons. The number of benzene rings is 10. The minimum atomic E-state index is 0.626. The highest BCUT2D eigenvalue weighted by molar-refractivity contribution is 7.26. The second kappa shape index (κ2) is 16.4. The molecule has 10 aromatic carbocycles. The molecular weight excluding hydrogens is 807 g/mol. The molecule has 0 aliphatic carbocycles. The van der Waals surface area contributed by atoms with Crippen LogP contribution in [0, 0.1) is 0 Å². The summed E-state index contributed by atoms with van der Waals surface area (Å²) in [6, 6.07) is 84.0. The van der Waals surface area contributed by atoms with Crippen LogP contribution in [-0.4, -0.2) is 15.0 Å². The van der Waals surface area contributed by atoms with E-state index in [1.807, 2.05) is 29.5 Å². The molecule has 12 rings (SSSR count). The second-order valence-electron chi connectivity index (χ2n) is 16.3. The van der Waals surface area contributed by atoms with E-state index in [-0.39, 0.29) is 0 Å². The maximum Gasteiger partial charge on any atom is 0.164 e. The van der Waals surface area contributed by atoms with Gasteiger partial charge in [-0.15, -0.1) is 11.3 Å². The van der Waals surface area contributed by atoms with Crippen molar-refractivity contribution in [1.82, 2.24) is 15.0 Å². The number of aromatic nitrogens is 3. The molecular formula is C61H39N3S. The molecule has 0 saturated heterocycles. The lowest BCUT2D eigenvalue weighted by Crippen LogP contribution is -2.01. The van der Waals surface area contributed by atoms with Crippen molar-refractivity contribution in [3.05, 3.63) is 237 Å². The van der Waals surface area contributed by atoms with Gasteiger partial charge in [0.15, 0.2) is 17.5 Å². The summed E-state index contributed by atoms with van der Waals surface area (Å²) in [5.74, 6) is 1.89. The van der Waals surface area contributed by atoms with E-state index < -0.39 is 0 Å². The molecule has 0 unspecified atom stereocenters. The van der Waals surface area contributed by atoms with Crippen LogP contribution in [-0.2, 0) is 0 Å². The smallest absolute Gasteiger partial charge is 0.164 e. The van der Waals surface area contributed by atoms with Crippen molar-refractivity contribution in [2.24, 2.45) is 0 Å². The number of hydrogen-bond acceptors (Lipinski definition) is 4. The zero-order valence-electron chi connectivity index (χ0n) is 35.3. The monoisotopic (exact) mass is 845 g/mol. The van der Waals surface area contributed by atoms with E-state index in [2.05, 4.69) is 218 Å². The van der Waals surface area contributed by atoms with Crippen molar-refractivity contribution in [3.63, 3.8) is 0 Å². The van der Waals surface area contributed by atoms with Gasteiger partial charge in [0.2, 0.25) is 0 Å². The Morgan fingerprint density at radius 2 is 0.615 bits per heavy atom. The summed E-state index contributed by atoms with van der Waals surface area (Å²) in [5.41, 5.74) is 14.5. The average molecular weight is 846 g/mol. The highest BCUT2D eigenvalue weighted by atomic mass is 32.1. The molecule has 0 fully saturated rings. The third-order valence-electron chi connectivity index (χ3n) is 12.4. The topological polar surface area (TPSA) is 38.7 Å². The first-order chi connectivity index (χ1) is 32.2. The first-order valence-electron chi connectivity index (χ1n) is 21.9. The van der Waals surface area contributed by atoms with Crippen molar-refractivity contribution in [2.75, 3.05) is 0 Å². The summed E-state index contributed by atoms with van der Waals surface area (Å²) in [4.78, 5) is 15.4. The number of fused-ring (bicyclic) bond motifs is 4. The highest BCUT2D eigenvalue weighted by Crippen LogP contribution is 2.43. The van der Waals surface area contributed by atoms with Gasteiger partial charge in [0.05, 0.1) is 0 Å². The Kier molecular flexibility index (Phi) is 9.70. The molecule has 0 spiro atoms. The summed E-state index contributed by atoms with van der Waals surface area (Å²) < 4.78 is 2.65. The number of thiophene rings is 1. The van der Waals surface area contributed by atoms with Gasteiger partial charge in [-0.1, -0.05) is 231 Å². The molecule has 0 bridgehead atoms. The minimum Gasteiger partial charge on any atom is -0.208 e. The molecule has 65 heavy (non-hydrogen) atoms. The van der Waals surface area contributed by atoms with Crippen LogP contribution in [0.15, 0.2) is 237 Å². The first-order valence-corrected chi connectivity index (χ1v) is 22.7. The van der Waals surface area contributed by atoms with Crippen LogP contribution in [0.4, 0.5) is 0 Å². The third kappa shape index (κ3) is 7.16. The van der Waals surface area contributed by atoms with E-state index in [0.717, 1.165) is 44.5 Å².